The van der Waals surface area contributed by atoms with E-state index in [1.165, 1.54) is 0 Å². The first-order valence-corrected chi connectivity index (χ1v) is 29.2. The molecule has 0 spiro atoms. The van der Waals surface area contributed by atoms with Crippen LogP contribution in [-0.4, -0.2) is 37.2 Å². The molecule has 0 rings (SSSR count). The van der Waals surface area contributed by atoms with Crippen molar-refractivity contribution in [3.63, 3.8) is 0 Å². The zero-order chi connectivity index (χ0) is 55.7. The first-order chi connectivity index (χ1) is 38.0. The van der Waals surface area contributed by atoms with E-state index in [0.29, 0.717) is 19.3 Å². The van der Waals surface area contributed by atoms with Crippen molar-refractivity contribution in [1.29, 1.82) is 0 Å². The van der Waals surface area contributed by atoms with Crippen molar-refractivity contribution >= 4 is 17.9 Å². The number of hydrogen-bond acceptors (Lipinski definition) is 6. The number of carbonyl (C=O) groups is 3. The van der Waals surface area contributed by atoms with Crippen LogP contribution in [0.15, 0.2) is 219 Å². The average Bonchev–Trinajstić information content (AvgIpc) is 3.43. The third-order valence-electron chi connectivity index (χ3n) is 11.0. The van der Waals surface area contributed by atoms with E-state index in [0.717, 1.165) is 128 Å². The summed E-state index contributed by atoms with van der Waals surface area (Å²) in [5, 5.41) is 0. The Kier molecular flexibility index (Phi) is 57.2. The Balaban J connectivity index is 4.60. The lowest BCUT2D eigenvalue weighted by Gasteiger charge is -2.18. The van der Waals surface area contributed by atoms with E-state index < -0.39 is 18.0 Å². The van der Waals surface area contributed by atoms with Crippen LogP contribution < -0.4 is 0 Å². The van der Waals surface area contributed by atoms with Gasteiger partial charge in [-0.15, -0.1) is 0 Å². The second-order valence-corrected chi connectivity index (χ2v) is 18.0. The molecule has 77 heavy (non-hydrogen) atoms. The molecule has 0 aliphatic carbocycles. The van der Waals surface area contributed by atoms with Gasteiger partial charge >= 0.3 is 17.9 Å². The van der Waals surface area contributed by atoms with E-state index in [1.54, 1.807) is 0 Å². The van der Waals surface area contributed by atoms with Gasteiger partial charge in [-0.2, -0.15) is 0 Å². The first kappa shape index (κ1) is 70.7. The van der Waals surface area contributed by atoms with Crippen molar-refractivity contribution in [1.82, 2.24) is 0 Å². The van der Waals surface area contributed by atoms with Gasteiger partial charge < -0.3 is 14.2 Å². The Morgan fingerprint density at radius 2 is 0.468 bits per heavy atom. The molecular formula is C71H102O6. The quantitative estimate of drug-likeness (QED) is 0.0261. The van der Waals surface area contributed by atoms with Gasteiger partial charge in [-0.05, 0) is 148 Å². The highest BCUT2D eigenvalue weighted by Gasteiger charge is 2.19. The van der Waals surface area contributed by atoms with E-state index >= 15 is 0 Å². The molecule has 0 heterocycles. The number of esters is 3. The molecule has 422 valence electrons. The zero-order valence-corrected chi connectivity index (χ0v) is 48.1. The largest absolute Gasteiger partial charge is 0.462 e. The molecule has 0 bridgehead atoms. The lowest BCUT2D eigenvalue weighted by atomic mass is 10.2. The minimum atomic E-state index is -0.875. The maximum absolute atomic E-state index is 12.8. The molecule has 0 aliphatic heterocycles. The molecule has 1 unspecified atom stereocenters. The van der Waals surface area contributed by atoms with Gasteiger partial charge in [0.1, 0.15) is 13.2 Å². The van der Waals surface area contributed by atoms with Crippen LogP contribution >= 0.6 is 0 Å². The predicted octanol–water partition coefficient (Wildman–Crippen LogP) is 20.2. The van der Waals surface area contributed by atoms with Crippen LogP contribution in [0.25, 0.3) is 0 Å². The highest BCUT2D eigenvalue weighted by Crippen LogP contribution is 2.08. The smallest absolute Gasteiger partial charge is 0.306 e. The van der Waals surface area contributed by atoms with Gasteiger partial charge in [-0.25, -0.2) is 0 Å². The summed E-state index contributed by atoms with van der Waals surface area (Å²) in [7, 11) is 0. The predicted molar refractivity (Wildman–Crippen MR) is 333 cm³/mol. The summed E-state index contributed by atoms with van der Waals surface area (Å²) in [4.78, 5) is 38.1. The van der Waals surface area contributed by atoms with Gasteiger partial charge in [0, 0.05) is 19.3 Å². The molecule has 6 nitrogen and oxygen atoms in total. The van der Waals surface area contributed by atoms with Gasteiger partial charge in [0.15, 0.2) is 6.10 Å². The SMILES string of the molecule is CC/C=C\C/C=C\C/C=C\C/C=C\C/C=C\C/C=C\C/C=C\C/C=C\C/C=C\CCCC(=O)OCC(COC(=O)CC/C=C\C/C=C\C/C=C\C/C=C\CC)OC(=O)CCC/C=C\C/C=C\C/C=C\C/C=C\C/C=C\CC. The Bertz CT molecular complexity index is 1980. The monoisotopic (exact) mass is 1050 g/mol. The minimum Gasteiger partial charge on any atom is -0.462 e. The van der Waals surface area contributed by atoms with Crippen LogP contribution in [0.1, 0.15) is 188 Å². The summed E-state index contributed by atoms with van der Waals surface area (Å²) in [5.74, 6) is -1.18. The van der Waals surface area contributed by atoms with Crippen LogP contribution in [0.2, 0.25) is 0 Å². The van der Waals surface area contributed by atoms with Crippen molar-refractivity contribution < 1.29 is 28.6 Å². The summed E-state index contributed by atoms with van der Waals surface area (Å²) in [6.07, 6.45) is 98.2. The van der Waals surface area contributed by atoms with Gasteiger partial charge in [0.2, 0.25) is 0 Å². The molecule has 0 saturated carbocycles. The first-order valence-electron chi connectivity index (χ1n) is 29.2. The second kappa shape index (κ2) is 62.3. The molecule has 0 radical (unpaired) electrons. The normalized spacial score (nSPS) is 13.8. The lowest BCUT2D eigenvalue weighted by molar-refractivity contribution is -0.166. The molecule has 0 saturated heterocycles. The molecule has 6 heteroatoms. The molecule has 1 atom stereocenters. The molecule has 0 fully saturated rings. The van der Waals surface area contributed by atoms with E-state index in [1.807, 2.05) is 12.2 Å². The molecule has 0 aromatic heterocycles. The Labute approximate surface area is 470 Å². The zero-order valence-electron chi connectivity index (χ0n) is 48.1. The summed E-state index contributed by atoms with van der Waals surface area (Å²) < 4.78 is 16.7. The average molecular weight is 1050 g/mol. The maximum atomic E-state index is 12.8. The van der Waals surface area contributed by atoms with Crippen molar-refractivity contribution in [2.45, 2.75) is 194 Å². The number of carbonyl (C=O) groups excluding carboxylic acids is 3. The van der Waals surface area contributed by atoms with E-state index in [9.17, 15) is 14.4 Å². The number of unbranched alkanes of at least 4 members (excludes halogenated alkanes) is 2. The Hall–Kier alpha value is -6.27. The van der Waals surface area contributed by atoms with E-state index in [2.05, 4.69) is 227 Å². The molecule has 0 aliphatic rings. The number of hydrogen-bond donors (Lipinski definition) is 0. The summed E-state index contributed by atoms with van der Waals surface area (Å²) >= 11 is 0. The van der Waals surface area contributed by atoms with Crippen molar-refractivity contribution in [3.05, 3.63) is 219 Å². The summed E-state index contributed by atoms with van der Waals surface area (Å²) in [6.45, 7) is 6.09. The third kappa shape index (κ3) is 60.5. The summed E-state index contributed by atoms with van der Waals surface area (Å²) in [6, 6.07) is 0. The fraction of sp³-hybridized carbons (Fsp3) is 0.451. The van der Waals surface area contributed by atoms with E-state index in [-0.39, 0.29) is 38.4 Å². The van der Waals surface area contributed by atoms with E-state index in [4.69, 9.17) is 14.2 Å². The number of allylic oxidation sites excluding steroid dienone is 36. The van der Waals surface area contributed by atoms with Gasteiger partial charge in [-0.3, -0.25) is 14.4 Å². The lowest BCUT2D eigenvalue weighted by Crippen LogP contribution is -2.30. The Morgan fingerprint density at radius 3 is 0.727 bits per heavy atom. The van der Waals surface area contributed by atoms with Gasteiger partial charge in [-0.1, -0.05) is 240 Å². The number of rotatable bonds is 49. The van der Waals surface area contributed by atoms with Crippen LogP contribution in [0.3, 0.4) is 0 Å². The van der Waals surface area contributed by atoms with Gasteiger partial charge in [0.25, 0.3) is 0 Å². The van der Waals surface area contributed by atoms with Crippen molar-refractivity contribution in [3.8, 4) is 0 Å². The Morgan fingerprint density at radius 1 is 0.260 bits per heavy atom. The highest BCUT2D eigenvalue weighted by molar-refractivity contribution is 5.71. The molecule has 0 aromatic rings. The molecular weight excluding hydrogens is 949 g/mol. The number of ether oxygens (including phenoxy) is 3. The molecule has 0 N–H and O–H groups in total. The second-order valence-electron chi connectivity index (χ2n) is 18.0. The van der Waals surface area contributed by atoms with Crippen LogP contribution in [0.5, 0.6) is 0 Å². The van der Waals surface area contributed by atoms with Crippen LogP contribution in [0, 0.1) is 0 Å². The highest BCUT2D eigenvalue weighted by atomic mass is 16.6. The fourth-order valence-electron chi connectivity index (χ4n) is 6.73. The minimum absolute atomic E-state index is 0.167. The standard InChI is InChI=1S/C71H102O6/c1-4-7-10-13-16-19-22-25-27-29-30-31-32-33-34-35-36-37-38-39-40-42-43-46-49-52-55-58-61-64-70(73)76-67-68(66-75-69(72)63-60-57-54-51-48-45-24-21-18-15-12-9-6-3)77-71(74)65-62-59-56-53-50-47-44-41-28-26-23-20-17-14-11-8-5-2/h7-12,16-21,25-28,30-31,33-34,36-37,39-40,43-48,52-57,68H,4-6,13-15,22-24,29,32,35,38,41-42,49-51,58-67H2,1-3H3/b10-7-,11-8-,12-9-,19-16-,20-17-,21-18-,27-25-,28-26-,31-30-,34-33-,37-36-,40-39-,46-43-,47-44-,48-45-,55-52-,56-53-,57-54-. The fourth-order valence-corrected chi connectivity index (χ4v) is 6.73. The van der Waals surface area contributed by atoms with Crippen molar-refractivity contribution in [2.24, 2.45) is 0 Å². The van der Waals surface area contributed by atoms with Crippen LogP contribution in [-0.2, 0) is 28.6 Å². The topological polar surface area (TPSA) is 78.9 Å². The molecule has 0 amide bonds. The van der Waals surface area contributed by atoms with Crippen molar-refractivity contribution in [2.75, 3.05) is 13.2 Å². The third-order valence-corrected chi connectivity index (χ3v) is 11.0. The maximum Gasteiger partial charge on any atom is 0.306 e. The van der Waals surface area contributed by atoms with Crippen LogP contribution in [0.4, 0.5) is 0 Å². The summed E-state index contributed by atoms with van der Waals surface area (Å²) in [5.41, 5.74) is 0. The molecule has 0 aromatic carbocycles. The van der Waals surface area contributed by atoms with Gasteiger partial charge in [0.05, 0.1) is 0 Å².